The number of aliphatic carboxylic acids is 1. The molecular formula is C9H9BrClNO5S2. The van der Waals surface area contributed by atoms with Gasteiger partial charge in [-0.3, -0.25) is 4.79 Å². The molecule has 0 aliphatic carbocycles. The number of hydrogen-bond donors (Lipinski definition) is 2. The van der Waals surface area contributed by atoms with Gasteiger partial charge in [0.2, 0.25) is 0 Å². The van der Waals surface area contributed by atoms with Crippen LogP contribution >= 0.6 is 38.9 Å². The quantitative estimate of drug-likeness (QED) is 0.813. The second-order valence-electron chi connectivity index (χ2n) is 4.01. The molecule has 1 saturated heterocycles. The lowest BCUT2D eigenvalue weighted by molar-refractivity contribution is -0.140. The Bertz CT molecular complexity index is 597. The largest absolute Gasteiger partial charge is 0.480 e. The minimum Gasteiger partial charge on any atom is -0.480 e. The maximum Gasteiger partial charge on any atom is 0.322 e. The van der Waals surface area contributed by atoms with Gasteiger partial charge < -0.3 is 10.2 Å². The number of aliphatic hydroxyl groups is 1. The molecule has 1 fully saturated rings. The van der Waals surface area contributed by atoms with Crippen LogP contribution in [0.15, 0.2) is 14.1 Å². The molecule has 0 unspecified atom stereocenters. The van der Waals surface area contributed by atoms with Crippen LogP contribution < -0.4 is 0 Å². The first-order chi connectivity index (χ1) is 8.73. The number of carbonyl (C=O) groups is 1. The van der Waals surface area contributed by atoms with E-state index in [0.29, 0.717) is 3.79 Å². The van der Waals surface area contributed by atoms with Gasteiger partial charge in [0.25, 0.3) is 10.0 Å². The average Bonchev–Trinajstić information content (AvgIpc) is 2.84. The molecule has 0 saturated carbocycles. The summed E-state index contributed by atoms with van der Waals surface area (Å²) in [6.45, 7) is -0.230. The zero-order valence-electron chi connectivity index (χ0n) is 9.29. The minimum absolute atomic E-state index is 0.0512. The van der Waals surface area contributed by atoms with Gasteiger partial charge in [-0.05, 0) is 22.0 Å². The Hall–Kier alpha value is -0.190. The molecule has 2 heterocycles. The van der Waals surface area contributed by atoms with Gasteiger partial charge in [-0.25, -0.2) is 8.42 Å². The second kappa shape index (κ2) is 5.30. The molecule has 10 heteroatoms. The van der Waals surface area contributed by atoms with Gasteiger partial charge >= 0.3 is 5.97 Å². The van der Waals surface area contributed by atoms with Crippen LogP contribution in [0.3, 0.4) is 0 Å². The van der Waals surface area contributed by atoms with Crippen molar-refractivity contribution in [3.8, 4) is 0 Å². The minimum atomic E-state index is -3.97. The van der Waals surface area contributed by atoms with Gasteiger partial charge in [-0.15, -0.1) is 11.3 Å². The van der Waals surface area contributed by atoms with Crippen LogP contribution in [0.4, 0.5) is 0 Å². The summed E-state index contributed by atoms with van der Waals surface area (Å²) in [5, 5.41) is 18.8. The van der Waals surface area contributed by atoms with Crippen molar-refractivity contribution in [2.45, 2.75) is 22.8 Å². The maximum absolute atomic E-state index is 12.3. The van der Waals surface area contributed by atoms with E-state index in [1.165, 1.54) is 6.07 Å². The second-order valence-corrected chi connectivity index (χ2v) is 8.90. The normalized spacial score (nSPS) is 24.8. The highest BCUT2D eigenvalue weighted by atomic mass is 79.9. The van der Waals surface area contributed by atoms with Crippen molar-refractivity contribution >= 4 is 54.9 Å². The Labute approximate surface area is 126 Å². The number of carboxylic acids is 1. The Balaban J connectivity index is 2.41. The molecule has 6 nitrogen and oxygen atoms in total. The predicted octanol–water partition coefficient (Wildman–Crippen LogP) is 1.37. The van der Waals surface area contributed by atoms with E-state index < -0.39 is 28.1 Å². The third-order valence-electron chi connectivity index (χ3n) is 2.70. The highest BCUT2D eigenvalue weighted by Gasteiger charge is 2.44. The number of nitrogens with zero attached hydrogens (tertiary/aromatic N) is 1. The zero-order chi connectivity index (χ0) is 14.4. The first-order valence-corrected chi connectivity index (χ1v) is 8.53. The van der Waals surface area contributed by atoms with Crippen molar-refractivity contribution in [3.05, 3.63) is 14.9 Å². The number of carboxylic acid groups (broad SMARTS) is 1. The highest BCUT2D eigenvalue weighted by molar-refractivity contribution is 9.11. The van der Waals surface area contributed by atoms with Crippen molar-refractivity contribution in [3.63, 3.8) is 0 Å². The van der Waals surface area contributed by atoms with Gasteiger partial charge in [-0.2, -0.15) is 4.31 Å². The van der Waals surface area contributed by atoms with Crippen molar-refractivity contribution in [2.24, 2.45) is 0 Å². The molecule has 0 radical (unpaired) electrons. The molecule has 0 aromatic carbocycles. The summed E-state index contributed by atoms with van der Waals surface area (Å²) in [7, 11) is -3.97. The van der Waals surface area contributed by atoms with E-state index in [9.17, 15) is 18.3 Å². The standard InChI is InChI=1S/C9H9BrClNO5S2/c10-8-5(11)2-7(18-8)19(16,17)12-3-4(13)1-6(12)9(14)15/h2,4,6,13H,1,3H2,(H,14,15)/t4-,6-/m1/s1. The Morgan fingerprint density at radius 3 is 2.68 bits per heavy atom. The lowest BCUT2D eigenvalue weighted by Crippen LogP contribution is -2.40. The average molecular weight is 391 g/mol. The van der Waals surface area contributed by atoms with Crippen LogP contribution in [0.2, 0.25) is 5.02 Å². The molecule has 0 amide bonds. The number of β-amino-alcohol motifs (C(OH)–C–C–N with tert-alkyl or cyclic N) is 1. The van der Waals surface area contributed by atoms with Gasteiger partial charge in [0.1, 0.15) is 10.3 Å². The predicted molar refractivity (Wildman–Crippen MR) is 73.0 cm³/mol. The molecule has 2 atom stereocenters. The summed E-state index contributed by atoms with van der Waals surface area (Å²) in [5.41, 5.74) is 0. The molecular weight excluding hydrogens is 382 g/mol. The smallest absolute Gasteiger partial charge is 0.322 e. The van der Waals surface area contributed by atoms with E-state index in [1.807, 2.05) is 0 Å². The fourth-order valence-electron chi connectivity index (χ4n) is 1.84. The van der Waals surface area contributed by atoms with E-state index in [1.54, 1.807) is 0 Å². The third-order valence-corrected chi connectivity index (χ3v) is 7.50. The van der Waals surface area contributed by atoms with E-state index in [4.69, 9.17) is 16.7 Å². The van der Waals surface area contributed by atoms with Crippen LogP contribution in [0.25, 0.3) is 0 Å². The van der Waals surface area contributed by atoms with E-state index >= 15 is 0 Å². The molecule has 19 heavy (non-hydrogen) atoms. The Morgan fingerprint density at radius 1 is 1.58 bits per heavy atom. The Morgan fingerprint density at radius 2 is 2.21 bits per heavy atom. The summed E-state index contributed by atoms with van der Waals surface area (Å²) < 4.78 is 25.9. The number of thiophene rings is 1. The molecule has 1 aliphatic heterocycles. The monoisotopic (exact) mass is 389 g/mol. The van der Waals surface area contributed by atoms with E-state index in [-0.39, 0.29) is 22.2 Å². The van der Waals surface area contributed by atoms with Crippen molar-refractivity contribution in [1.29, 1.82) is 0 Å². The molecule has 1 aromatic heterocycles. The first kappa shape index (κ1) is 15.2. The summed E-state index contributed by atoms with van der Waals surface area (Å²) in [6.07, 6.45) is -1.09. The molecule has 1 aromatic rings. The van der Waals surface area contributed by atoms with Crippen molar-refractivity contribution in [2.75, 3.05) is 6.54 Å². The highest BCUT2D eigenvalue weighted by Crippen LogP contribution is 2.37. The van der Waals surface area contributed by atoms with Crippen molar-refractivity contribution in [1.82, 2.24) is 4.31 Å². The zero-order valence-corrected chi connectivity index (χ0v) is 13.3. The van der Waals surface area contributed by atoms with E-state index in [2.05, 4.69) is 15.9 Å². The van der Waals surface area contributed by atoms with E-state index in [0.717, 1.165) is 15.6 Å². The molecule has 1 aliphatic rings. The number of aliphatic hydroxyl groups excluding tert-OH is 1. The molecule has 2 rings (SSSR count). The topological polar surface area (TPSA) is 94.9 Å². The molecule has 2 N–H and O–H groups in total. The summed E-state index contributed by atoms with van der Waals surface area (Å²) >= 11 is 9.80. The first-order valence-electron chi connectivity index (χ1n) is 5.11. The van der Waals surface area contributed by atoms with Gasteiger partial charge in [0, 0.05) is 13.0 Å². The van der Waals surface area contributed by atoms with Crippen LogP contribution in [0.1, 0.15) is 6.42 Å². The maximum atomic E-state index is 12.3. The van der Waals surface area contributed by atoms with Crippen LogP contribution in [-0.4, -0.2) is 47.6 Å². The third kappa shape index (κ3) is 2.81. The molecule has 106 valence electrons. The van der Waals surface area contributed by atoms with Crippen molar-refractivity contribution < 1.29 is 23.4 Å². The SMILES string of the molecule is O=C(O)[C@H]1C[C@@H](O)CN1S(=O)(=O)c1cc(Cl)c(Br)s1. The number of sulfonamides is 1. The van der Waals surface area contributed by atoms with Crippen LogP contribution in [0, 0.1) is 0 Å². The molecule has 0 spiro atoms. The number of hydrogen-bond acceptors (Lipinski definition) is 5. The number of rotatable bonds is 3. The summed E-state index contributed by atoms with van der Waals surface area (Å²) in [5.74, 6) is -1.28. The lowest BCUT2D eigenvalue weighted by Gasteiger charge is -2.19. The van der Waals surface area contributed by atoms with Crippen LogP contribution in [0.5, 0.6) is 0 Å². The van der Waals surface area contributed by atoms with Gasteiger partial charge in [-0.1, -0.05) is 11.6 Å². The summed E-state index contributed by atoms with van der Waals surface area (Å²) in [4.78, 5) is 11.1. The fourth-order valence-corrected chi connectivity index (χ4v) is 6.00. The van der Waals surface area contributed by atoms with Gasteiger partial charge in [0.05, 0.1) is 14.9 Å². The summed E-state index contributed by atoms with van der Waals surface area (Å²) in [6, 6.07) is 0.00885. The Kier molecular flexibility index (Phi) is 4.24. The van der Waals surface area contributed by atoms with Crippen LogP contribution in [-0.2, 0) is 14.8 Å². The lowest BCUT2D eigenvalue weighted by atomic mass is 10.2. The number of halogens is 2. The van der Waals surface area contributed by atoms with Gasteiger partial charge in [0.15, 0.2) is 0 Å². The fraction of sp³-hybridized carbons (Fsp3) is 0.444. The molecule has 0 bridgehead atoms.